The molecule has 3 N–H and O–H groups in total. The number of carbonyl (C=O) groups is 1. The van der Waals surface area contributed by atoms with Crippen molar-refractivity contribution in [1.29, 1.82) is 0 Å². The van der Waals surface area contributed by atoms with Crippen molar-refractivity contribution >= 4 is 11.9 Å². The lowest BCUT2D eigenvalue weighted by molar-refractivity contribution is -0.120. The molecule has 2 rings (SSSR count). The second kappa shape index (κ2) is 7.29. The van der Waals surface area contributed by atoms with Crippen LogP contribution in [0.1, 0.15) is 36.7 Å². The summed E-state index contributed by atoms with van der Waals surface area (Å²) in [6.07, 6.45) is 2.19. The minimum absolute atomic E-state index is 0.0156. The molecule has 0 bridgehead atoms. The highest BCUT2D eigenvalue weighted by molar-refractivity contribution is 5.86. The minimum atomic E-state index is 0.0156. The molecule has 122 valence electrons. The molecule has 1 aromatic heterocycles. The van der Waals surface area contributed by atoms with E-state index < -0.39 is 0 Å². The molecule has 0 atom stereocenters. The SMILES string of the molecule is CCNC(=NCc1c(C)nn(C)c1C)NCC(=O)NC1CC1. The number of amides is 1. The van der Waals surface area contributed by atoms with Gasteiger partial charge in [0.1, 0.15) is 0 Å². The highest BCUT2D eigenvalue weighted by Gasteiger charge is 2.22. The Bertz CT molecular complexity index is 559. The van der Waals surface area contributed by atoms with Gasteiger partial charge in [0, 0.05) is 30.9 Å². The summed E-state index contributed by atoms with van der Waals surface area (Å²) < 4.78 is 1.86. The summed E-state index contributed by atoms with van der Waals surface area (Å²) >= 11 is 0. The molecule has 7 nitrogen and oxygen atoms in total. The molecule has 1 fully saturated rings. The maximum absolute atomic E-state index is 11.7. The quantitative estimate of drug-likeness (QED) is 0.524. The van der Waals surface area contributed by atoms with Crippen molar-refractivity contribution in [3.63, 3.8) is 0 Å². The van der Waals surface area contributed by atoms with Crippen molar-refractivity contribution in [2.75, 3.05) is 13.1 Å². The summed E-state index contributed by atoms with van der Waals surface area (Å²) in [5.41, 5.74) is 3.23. The first kappa shape index (κ1) is 16.3. The van der Waals surface area contributed by atoms with Crippen LogP contribution in [-0.4, -0.2) is 40.8 Å². The standard InChI is InChI=1S/C15H26N6O/c1-5-16-15(18-9-14(22)19-12-6-7-12)17-8-13-10(2)20-21(4)11(13)3/h12H,5-9H2,1-4H3,(H,19,22)(H2,16,17,18). The number of nitrogens with zero attached hydrogens (tertiary/aromatic N) is 3. The fourth-order valence-electron chi connectivity index (χ4n) is 2.22. The van der Waals surface area contributed by atoms with Gasteiger partial charge in [-0.25, -0.2) is 4.99 Å². The predicted octanol–water partition coefficient (Wildman–Crippen LogP) is 0.371. The fraction of sp³-hybridized carbons (Fsp3) is 0.667. The van der Waals surface area contributed by atoms with Crippen molar-refractivity contribution < 1.29 is 4.79 Å². The average molecular weight is 306 g/mol. The third kappa shape index (κ3) is 4.47. The van der Waals surface area contributed by atoms with E-state index in [4.69, 9.17) is 0 Å². The number of aryl methyl sites for hydroxylation is 2. The molecule has 0 radical (unpaired) electrons. The Kier molecular flexibility index (Phi) is 5.41. The van der Waals surface area contributed by atoms with Crippen LogP contribution in [0.15, 0.2) is 4.99 Å². The van der Waals surface area contributed by atoms with Gasteiger partial charge in [-0.2, -0.15) is 5.10 Å². The van der Waals surface area contributed by atoms with Crippen molar-refractivity contribution in [3.05, 3.63) is 17.0 Å². The van der Waals surface area contributed by atoms with Gasteiger partial charge in [-0.1, -0.05) is 0 Å². The lowest BCUT2D eigenvalue weighted by Gasteiger charge is -2.11. The molecular weight excluding hydrogens is 280 g/mol. The molecule has 1 aliphatic carbocycles. The lowest BCUT2D eigenvalue weighted by atomic mass is 10.2. The number of aromatic nitrogens is 2. The third-order valence-electron chi connectivity index (χ3n) is 3.76. The summed E-state index contributed by atoms with van der Waals surface area (Å²) in [4.78, 5) is 16.3. The highest BCUT2D eigenvalue weighted by atomic mass is 16.2. The van der Waals surface area contributed by atoms with Gasteiger partial charge in [0.15, 0.2) is 5.96 Å². The molecule has 1 amide bonds. The van der Waals surface area contributed by atoms with Crippen LogP contribution >= 0.6 is 0 Å². The first-order chi connectivity index (χ1) is 10.5. The number of guanidine groups is 1. The topological polar surface area (TPSA) is 83.3 Å². The zero-order valence-corrected chi connectivity index (χ0v) is 13.9. The van der Waals surface area contributed by atoms with E-state index in [0.717, 1.165) is 36.3 Å². The van der Waals surface area contributed by atoms with Crippen LogP contribution in [-0.2, 0) is 18.4 Å². The van der Waals surface area contributed by atoms with E-state index >= 15 is 0 Å². The third-order valence-corrected chi connectivity index (χ3v) is 3.76. The molecule has 1 aromatic rings. The molecule has 0 aromatic carbocycles. The molecule has 1 heterocycles. The number of nitrogens with one attached hydrogen (secondary N) is 3. The molecule has 0 aliphatic heterocycles. The van der Waals surface area contributed by atoms with Gasteiger partial charge >= 0.3 is 0 Å². The van der Waals surface area contributed by atoms with Gasteiger partial charge in [0.05, 0.1) is 18.8 Å². The Hall–Kier alpha value is -2.05. The first-order valence-electron chi connectivity index (χ1n) is 7.81. The number of rotatable bonds is 6. The van der Waals surface area contributed by atoms with E-state index in [-0.39, 0.29) is 12.5 Å². The Morgan fingerprint density at radius 3 is 2.64 bits per heavy atom. The summed E-state index contributed by atoms with van der Waals surface area (Å²) in [6, 6.07) is 0.384. The van der Waals surface area contributed by atoms with Gasteiger partial charge in [-0.3, -0.25) is 9.48 Å². The summed E-state index contributed by atoms with van der Waals surface area (Å²) in [7, 11) is 1.93. The first-order valence-corrected chi connectivity index (χ1v) is 7.81. The van der Waals surface area contributed by atoms with Crippen molar-refractivity contribution in [2.24, 2.45) is 12.0 Å². The van der Waals surface area contributed by atoms with Gasteiger partial charge in [0.25, 0.3) is 0 Å². The Balaban J connectivity index is 1.92. The van der Waals surface area contributed by atoms with Crippen LogP contribution in [0, 0.1) is 13.8 Å². The average Bonchev–Trinajstić information content (AvgIpc) is 3.24. The number of aliphatic imine (C=N–C) groups is 1. The van der Waals surface area contributed by atoms with E-state index in [1.54, 1.807) is 0 Å². The van der Waals surface area contributed by atoms with Crippen molar-refractivity contribution in [1.82, 2.24) is 25.7 Å². The maximum atomic E-state index is 11.7. The molecule has 7 heteroatoms. The molecule has 1 saturated carbocycles. The number of hydrogen-bond acceptors (Lipinski definition) is 3. The molecule has 22 heavy (non-hydrogen) atoms. The van der Waals surface area contributed by atoms with E-state index in [2.05, 4.69) is 26.0 Å². The monoisotopic (exact) mass is 306 g/mol. The second-order valence-electron chi connectivity index (χ2n) is 5.66. The fourth-order valence-corrected chi connectivity index (χ4v) is 2.22. The van der Waals surface area contributed by atoms with E-state index in [1.165, 1.54) is 0 Å². The number of hydrogen-bond donors (Lipinski definition) is 3. The largest absolute Gasteiger partial charge is 0.357 e. The van der Waals surface area contributed by atoms with E-state index in [9.17, 15) is 4.79 Å². The predicted molar refractivity (Wildman–Crippen MR) is 86.7 cm³/mol. The smallest absolute Gasteiger partial charge is 0.239 e. The van der Waals surface area contributed by atoms with Crippen LogP contribution in [0.2, 0.25) is 0 Å². The summed E-state index contributed by atoms with van der Waals surface area (Å²) in [5.74, 6) is 0.665. The second-order valence-corrected chi connectivity index (χ2v) is 5.66. The summed E-state index contributed by atoms with van der Waals surface area (Å²) in [5, 5.41) is 13.6. The normalized spacial score (nSPS) is 14.8. The minimum Gasteiger partial charge on any atom is -0.357 e. The van der Waals surface area contributed by atoms with Crippen LogP contribution in [0.4, 0.5) is 0 Å². The van der Waals surface area contributed by atoms with Gasteiger partial charge in [0.2, 0.25) is 5.91 Å². The highest BCUT2D eigenvalue weighted by Crippen LogP contribution is 2.18. The maximum Gasteiger partial charge on any atom is 0.239 e. The number of carbonyl (C=O) groups excluding carboxylic acids is 1. The van der Waals surface area contributed by atoms with Gasteiger partial charge in [-0.05, 0) is 33.6 Å². The summed E-state index contributed by atoms with van der Waals surface area (Å²) in [6.45, 7) is 7.57. The Morgan fingerprint density at radius 1 is 1.36 bits per heavy atom. The van der Waals surface area contributed by atoms with E-state index in [0.29, 0.717) is 18.5 Å². The molecule has 0 unspecified atom stereocenters. The van der Waals surface area contributed by atoms with Gasteiger partial charge < -0.3 is 16.0 Å². The van der Waals surface area contributed by atoms with Crippen molar-refractivity contribution in [2.45, 2.75) is 46.2 Å². The molecular formula is C15H26N6O. The van der Waals surface area contributed by atoms with Gasteiger partial charge in [-0.15, -0.1) is 0 Å². The zero-order valence-electron chi connectivity index (χ0n) is 13.9. The lowest BCUT2D eigenvalue weighted by Crippen LogP contribution is -2.43. The molecule has 0 saturated heterocycles. The van der Waals surface area contributed by atoms with Crippen molar-refractivity contribution in [3.8, 4) is 0 Å². The zero-order chi connectivity index (χ0) is 16.1. The van der Waals surface area contributed by atoms with Crippen LogP contribution < -0.4 is 16.0 Å². The van der Waals surface area contributed by atoms with Crippen LogP contribution in [0.25, 0.3) is 0 Å². The Labute approximate surface area is 131 Å². The molecule has 1 aliphatic rings. The Morgan fingerprint density at radius 2 is 2.09 bits per heavy atom. The molecule has 0 spiro atoms. The van der Waals surface area contributed by atoms with Crippen LogP contribution in [0.3, 0.4) is 0 Å². The van der Waals surface area contributed by atoms with E-state index in [1.807, 2.05) is 32.5 Å². The van der Waals surface area contributed by atoms with Crippen LogP contribution in [0.5, 0.6) is 0 Å².